The van der Waals surface area contributed by atoms with Crippen LogP contribution in [-0.4, -0.2) is 13.1 Å². The first kappa shape index (κ1) is 15.1. The molecule has 2 aromatic carbocycles. The van der Waals surface area contributed by atoms with Crippen LogP contribution < -0.4 is 5.32 Å². The van der Waals surface area contributed by atoms with E-state index in [-0.39, 0.29) is 0 Å². The summed E-state index contributed by atoms with van der Waals surface area (Å²) in [6.07, 6.45) is 2.06. The topological polar surface area (TPSA) is 12.0 Å². The Kier molecular flexibility index (Phi) is 5.22. The van der Waals surface area contributed by atoms with Crippen molar-refractivity contribution in [2.45, 2.75) is 32.7 Å². The molecule has 0 fully saturated rings. The van der Waals surface area contributed by atoms with Gasteiger partial charge in [-0.2, -0.15) is 0 Å². The Labute approximate surface area is 127 Å². The van der Waals surface area contributed by atoms with Crippen molar-refractivity contribution < 1.29 is 0 Å². The lowest BCUT2D eigenvalue weighted by atomic mass is 9.97. The molecule has 2 heteroatoms. The highest BCUT2D eigenvalue weighted by molar-refractivity contribution is 6.30. The average Bonchev–Trinajstić information content (AvgIpc) is 2.39. The molecule has 106 valence electrons. The lowest BCUT2D eigenvalue weighted by Crippen LogP contribution is -2.29. The van der Waals surface area contributed by atoms with Crippen LogP contribution in [0.2, 0.25) is 5.02 Å². The van der Waals surface area contributed by atoms with Crippen LogP contribution in [0.5, 0.6) is 0 Å². The van der Waals surface area contributed by atoms with Gasteiger partial charge in [0.1, 0.15) is 0 Å². The first-order valence-corrected chi connectivity index (χ1v) is 7.43. The number of aryl methyl sites for hydroxylation is 2. The molecule has 1 atom stereocenters. The normalized spacial score (nSPS) is 12.4. The van der Waals surface area contributed by atoms with Crippen LogP contribution in [0, 0.1) is 13.8 Å². The molecule has 0 aliphatic heterocycles. The van der Waals surface area contributed by atoms with Crippen molar-refractivity contribution in [1.29, 1.82) is 0 Å². The van der Waals surface area contributed by atoms with Gasteiger partial charge in [-0.25, -0.2) is 0 Å². The monoisotopic (exact) mass is 287 g/mol. The molecule has 0 radical (unpaired) electrons. The zero-order valence-electron chi connectivity index (χ0n) is 12.4. The minimum atomic E-state index is 0.442. The van der Waals surface area contributed by atoms with E-state index >= 15 is 0 Å². The third kappa shape index (κ3) is 4.36. The lowest BCUT2D eigenvalue weighted by molar-refractivity contribution is 0.556. The van der Waals surface area contributed by atoms with Gasteiger partial charge in [0, 0.05) is 11.1 Å². The van der Waals surface area contributed by atoms with Gasteiger partial charge >= 0.3 is 0 Å². The molecular formula is C18H22ClN. The van der Waals surface area contributed by atoms with E-state index < -0.39 is 0 Å². The summed E-state index contributed by atoms with van der Waals surface area (Å²) in [6.45, 7) is 4.31. The highest BCUT2D eigenvalue weighted by Crippen LogP contribution is 2.15. The van der Waals surface area contributed by atoms with Gasteiger partial charge in [-0.05, 0) is 57.0 Å². The largest absolute Gasteiger partial charge is 0.316 e. The molecule has 0 spiro atoms. The highest BCUT2D eigenvalue weighted by atomic mass is 35.5. The number of hydrogen-bond donors (Lipinski definition) is 1. The fourth-order valence-corrected chi connectivity index (χ4v) is 2.78. The molecular weight excluding hydrogens is 266 g/mol. The standard InChI is InChI=1S/C18H22ClN/c1-13-8-14(2)10-16(9-13)12-18(20-3)11-15-4-6-17(19)7-5-15/h4-10,18,20H,11-12H2,1-3H3. The Bertz CT molecular complexity index is 540. The smallest absolute Gasteiger partial charge is 0.0406 e. The minimum absolute atomic E-state index is 0.442. The Morgan fingerprint density at radius 2 is 1.45 bits per heavy atom. The summed E-state index contributed by atoms with van der Waals surface area (Å²) in [5.74, 6) is 0. The zero-order chi connectivity index (χ0) is 14.5. The predicted molar refractivity (Wildman–Crippen MR) is 87.6 cm³/mol. The van der Waals surface area contributed by atoms with Crippen LogP contribution in [0.3, 0.4) is 0 Å². The summed E-state index contributed by atoms with van der Waals surface area (Å²) < 4.78 is 0. The van der Waals surface area contributed by atoms with Crippen LogP contribution >= 0.6 is 11.6 Å². The fourth-order valence-electron chi connectivity index (χ4n) is 2.65. The second-order valence-corrected chi connectivity index (χ2v) is 5.95. The van der Waals surface area contributed by atoms with Crippen LogP contribution in [-0.2, 0) is 12.8 Å². The summed E-state index contributed by atoms with van der Waals surface area (Å²) in [4.78, 5) is 0. The van der Waals surface area contributed by atoms with Gasteiger partial charge < -0.3 is 5.32 Å². The van der Waals surface area contributed by atoms with Crippen molar-refractivity contribution in [2.75, 3.05) is 7.05 Å². The van der Waals surface area contributed by atoms with Gasteiger partial charge in [0.25, 0.3) is 0 Å². The number of nitrogens with one attached hydrogen (secondary N) is 1. The van der Waals surface area contributed by atoms with Crippen molar-refractivity contribution in [1.82, 2.24) is 5.32 Å². The van der Waals surface area contributed by atoms with E-state index in [1.54, 1.807) is 0 Å². The third-order valence-electron chi connectivity index (χ3n) is 3.57. The summed E-state index contributed by atoms with van der Waals surface area (Å²) in [7, 11) is 2.03. The SMILES string of the molecule is CNC(Cc1ccc(Cl)cc1)Cc1cc(C)cc(C)c1. The van der Waals surface area contributed by atoms with Crippen LogP contribution in [0.25, 0.3) is 0 Å². The van der Waals surface area contributed by atoms with Gasteiger partial charge in [-0.15, -0.1) is 0 Å². The van der Waals surface area contributed by atoms with Gasteiger partial charge in [-0.3, -0.25) is 0 Å². The highest BCUT2D eigenvalue weighted by Gasteiger charge is 2.09. The molecule has 0 bridgehead atoms. The fraction of sp³-hybridized carbons (Fsp3) is 0.333. The minimum Gasteiger partial charge on any atom is -0.316 e. The third-order valence-corrected chi connectivity index (χ3v) is 3.82. The van der Waals surface area contributed by atoms with Gasteiger partial charge in [0.05, 0.1) is 0 Å². The number of rotatable bonds is 5. The Morgan fingerprint density at radius 3 is 2.00 bits per heavy atom. The zero-order valence-corrected chi connectivity index (χ0v) is 13.2. The summed E-state index contributed by atoms with van der Waals surface area (Å²) >= 11 is 5.93. The second-order valence-electron chi connectivity index (χ2n) is 5.52. The molecule has 1 N–H and O–H groups in total. The van der Waals surface area contributed by atoms with Crippen molar-refractivity contribution in [3.05, 3.63) is 69.7 Å². The van der Waals surface area contributed by atoms with Crippen molar-refractivity contribution in [3.63, 3.8) is 0 Å². The van der Waals surface area contributed by atoms with E-state index in [9.17, 15) is 0 Å². The molecule has 1 nitrogen and oxygen atoms in total. The molecule has 1 unspecified atom stereocenters. The van der Waals surface area contributed by atoms with Gasteiger partial charge in [0.15, 0.2) is 0 Å². The van der Waals surface area contributed by atoms with E-state index in [4.69, 9.17) is 11.6 Å². The number of halogens is 1. The predicted octanol–water partition coefficient (Wildman–Crippen LogP) is 4.33. The Morgan fingerprint density at radius 1 is 0.900 bits per heavy atom. The molecule has 0 aromatic heterocycles. The maximum absolute atomic E-state index is 5.93. The van der Waals surface area contributed by atoms with Crippen molar-refractivity contribution in [3.8, 4) is 0 Å². The maximum Gasteiger partial charge on any atom is 0.0406 e. The molecule has 0 saturated heterocycles. The quantitative estimate of drug-likeness (QED) is 0.863. The van der Waals surface area contributed by atoms with Gasteiger partial charge in [0.2, 0.25) is 0 Å². The summed E-state index contributed by atoms with van der Waals surface area (Å²) in [5, 5.41) is 4.22. The molecule has 0 saturated carbocycles. The number of benzene rings is 2. The molecule has 2 aromatic rings. The van der Waals surface area contributed by atoms with E-state index in [0.717, 1.165) is 17.9 Å². The Balaban J connectivity index is 2.06. The van der Waals surface area contributed by atoms with E-state index in [1.165, 1.54) is 22.3 Å². The molecule has 2 rings (SSSR count). The first-order valence-electron chi connectivity index (χ1n) is 7.05. The second kappa shape index (κ2) is 6.92. The first-order chi connectivity index (χ1) is 9.56. The Hall–Kier alpha value is -1.31. The van der Waals surface area contributed by atoms with E-state index in [0.29, 0.717) is 6.04 Å². The van der Waals surface area contributed by atoms with E-state index in [2.05, 4.69) is 49.5 Å². The van der Waals surface area contributed by atoms with E-state index in [1.807, 2.05) is 19.2 Å². The average molecular weight is 288 g/mol. The molecule has 0 aliphatic rings. The van der Waals surface area contributed by atoms with Crippen LogP contribution in [0.1, 0.15) is 22.3 Å². The molecule has 0 aliphatic carbocycles. The molecule has 0 amide bonds. The van der Waals surface area contributed by atoms with Crippen LogP contribution in [0.15, 0.2) is 42.5 Å². The maximum atomic E-state index is 5.93. The number of hydrogen-bond acceptors (Lipinski definition) is 1. The summed E-state index contributed by atoms with van der Waals surface area (Å²) in [5.41, 5.74) is 5.39. The summed E-state index contributed by atoms with van der Waals surface area (Å²) in [6, 6.07) is 15.3. The molecule has 20 heavy (non-hydrogen) atoms. The lowest BCUT2D eigenvalue weighted by Gasteiger charge is -2.17. The van der Waals surface area contributed by atoms with Gasteiger partial charge in [-0.1, -0.05) is 53.1 Å². The van der Waals surface area contributed by atoms with Crippen LogP contribution in [0.4, 0.5) is 0 Å². The molecule has 0 heterocycles. The van der Waals surface area contributed by atoms with Crippen molar-refractivity contribution >= 4 is 11.6 Å². The number of likely N-dealkylation sites (N-methyl/N-ethyl adjacent to an activating group) is 1. The van der Waals surface area contributed by atoms with Crippen molar-refractivity contribution in [2.24, 2.45) is 0 Å².